The quantitative estimate of drug-likeness (QED) is 0.102. The number of rotatable bonds is 11. The fraction of sp³-hybridized carbons (Fsp3) is 0.350. The van der Waals surface area contributed by atoms with Crippen LogP contribution >= 0.6 is 0 Å². The van der Waals surface area contributed by atoms with E-state index in [4.69, 9.17) is 26.7 Å². The predicted molar refractivity (Wildman–Crippen MR) is 223 cm³/mol. The number of imidazole rings is 2. The summed E-state index contributed by atoms with van der Waals surface area (Å²) in [6.45, 7) is 13.2. The number of aryl methyl sites for hydroxylation is 2. The number of fused-ring (bicyclic) bond motifs is 2. The van der Waals surface area contributed by atoms with E-state index in [9.17, 15) is 9.59 Å². The first-order valence-corrected chi connectivity index (χ1v) is 19.9. The van der Waals surface area contributed by atoms with E-state index in [1.807, 2.05) is 60.3 Å². The number of nitriles is 1. The number of aromatic nitrogens is 11. The minimum Gasteiger partial charge on any atom is -0.377 e. The van der Waals surface area contributed by atoms with Crippen molar-refractivity contribution in [3.05, 3.63) is 84.6 Å². The number of nitrogens with one attached hydrogen (secondary N) is 4. The minimum atomic E-state index is -0.566. The number of primary amides is 2. The Balaban J connectivity index is 0.000000172. The lowest BCUT2D eigenvalue weighted by Crippen LogP contribution is -2.32. The molecule has 7 aromatic heterocycles. The van der Waals surface area contributed by atoms with Crippen molar-refractivity contribution in [3.63, 3.8) is 0 Å². The van der Waals surface area contributed by atoms with Gasteiger partial charge in [-0.1, -0.05) is 13.8 Å². The van der Waals surface area contributed by atoms with Gasteiger partial charge in [-0.3, -0.25) is 14.3 Å². The van der Waals surface area contributed by atoms with Crippen molar-refractivity contribution >= 4 is 40.3 Å². The second kappa shape index (κ2) is 16.5. The maximum absolute atomic E-state index is 12.2. The molecule has 20 nitrogen and oxygen atoms in total. The summed E-state index contributed by atoms with van der Waals surface area (Å²) in [6, 6.07) is 5.93. The third kappa shape index (κ3) is 7.77. The zero-order valence-electron chi connectivity index (χ0n) is 33.7. The molecule has 2 amide bonds. The molecular formula is C40H47N18O2+. The third-order valence-electron chi connectivity index (χ3n) is 11.1. The highest BCUT2D eigenvalue weighted by Crippen LogP contribution is 2.31. The van der Waals surface area contributed by atoms with Crippen LogP contribution in [0, 0.1) is 23.2 Å². The minimum absolute atomic E-state index is 0.0244. The van der Waals surface area contributed by atoms with Crippen molar-refractivity contribution in [1.82, 2.24) is 54.4 Å². The highest BCUT2D eigenvalue weighted by Gasteiger charge is 2.32. The van der Waals surface area contributed by atoms with Crippen molar-refractivity contribution in [2.75, 3.05) is 41.7 Å². The van der Waals surface area contributed by atoms with E-state index < -0.39 is 11.8 Å². The summed E-state index contributed by atoms with van der Waals surface area (Å²) in [5.41, 5.74) is 18.1. The number of anilines is 3. The number of pyridine rings is 1. The monoisotopic (exact) mass is 811 g/mol. The van der Waals surface area contributed by atoms with E-state index in [1.54, 1.807) is 27.5 Å². The Hall–Kier alpha value is -7.40. The molecule has 0 aromatic carbocycles. The summed E-state index contributed by atoms with van der Waals surface area (Å²) in [6.07, 6.45) is 15.8. The van der Waals surface area contributed by atoms with Gasteiger partial charge >= 0.3 is 0 Å². The number of aromatic amines is 1. The lowest BCUT2D eigenvalue weighted by molar-refractivity contribution is -0.746. The van der Waals surface area contributed by atoms with Gasteiger partial charge in [0.15, 0.2) is 17.8 Å². The molecule has 0 bridgehead atoms. The first-order chi connectivity index (χ1) is 29.0. The van der Waals surface area contributed by atoms with E-state index in [1.165, 1.54) is 12.4 Å². The number of carbonyl (C=O) groups is 2. The average molecular weight is 812 g/mol. The molecule has 2 aliphatic rings. The van der Waals surface area contributed by atoms with E-state index in [0.29, 0.717) is 51.8 Å². The number of carbonyl (C=O) groups excluding carboxylic acids is 2. The Kier molecular flexibility index (Phi) is 10.8. The van der Waals surface area contributed by atoms with Crippen molar-refractivity contribution in [2.24, 2.45) is 23.3 Å². The molecule has 8 N–H and O–H groups in total. The van der Waals surface area contributed by atoms with Crippen LogP contribution in [-0.4, -0.2) is 99.1 Å². The van der Waals surface area contributed by atoms with E-state index in [2.05, 4.69) is 66.1 Å². The summed E-state index contributed by atoms with van der Waals surface area (Å²) in [5, 5.41) is 35.5. The molecule has 2 aliphatic heterocycles. The Morgan fingerprint density at radius 2 is 1.52 bits per heavy atom. The SMILES string of the molecule is CC[n+]1cc(-c2cn3ncc(C(N)=O)c(N[C@@H]4CN(c5ccc(C#N)cn5)C[C@@H]4C)c3n2)c[nH]1.CCn1cc(-c2cn3ncc(C(N)=O)c(N[C@@H]4CNC[C@@H]4C)c3n2)cn1. The maximum Gasteiger partial charge on any atom is 0.252 e. The normalized spacial score (nSPS) is 18.7. The zero-order chi connectivity index (χ0) is 42.1. The van der Waals surface area contributed by atoms with E-state index in [-0.39, 0.29) is 18.0 Å². The standard InChI is InChI=1S/C23H24N10O.C17H22N8O/c1-3-32-11-16(8-27-32)19-13-33-23(30-19)21(17(9-28-33)22(25)34)29-18-12-31(10-14(18)2)20-5-4-15(6-24)7-26-20;1-3-24-8-11(5-20-24)14-9-25-17(23-14)15(12(6-21-25)16(18)26)22-13-7-19-4-10(13)2/h4-5,7-9,11,13-14,18H,3,10,12H2,1-2H3,(H3,25,28,29,34);5-6,8-10,13,19,22H,3-4,7H2,1-2H3,(H2,18,26)/p+1/t14-,18+;10-,13+/m00/s1. The maximum atomic E-state index is 12.2. The molecule has 7 aromatic rings. The Bertz CT molecular complexity index is 2720. The smallest absolute Gasteiger partial charge is 0.252 e. The second-order valence-corrected chi connectivity index (χ2v) is 15.1. The molecule has 0 spiro atoms. The molecule has 0 unspecified atom stereocenters. The number of H-pyrrole nitrogens is 1. The number of hydrogen-bond donors (Lipinski definition) is 6. The van der Waals surface area contributed by atoms with Gasteiger partial charge in [-0.2, -0.15) is 25.7 Å². The molecule has 2 saturated heterocycles. The largest absolute Gasteiger partial charge is 0.377 e. The molecular weight excluding hydrogens is 765 g/mol. The summed E-state index contributed by atoms with van der Waals surface area (Å²) in [7, 11) is 0. The van der Waals surface area contributed by atoms with Crippen molar-refractivity contribution in [1.29, 1.82) is 5.26 Å². The van der Waals surface area contributed by atoms with Gasteiger partial charge in [-0.05, 0) is 44.4 Å². The third-order valence-corrected chi connectivity index (χ3v) is 11.1. The highest BCUT2D eigenvalue weighted by atomic mass is 16.1. The molecule has 20 heteroatoms. The van der Waals surface area contributed by atoms with Gasteiger partial charge in [-0.15, -0.1) is 4.68 Å². The number of nitrogens with two attached hydrogens (primary N) is 2. The Labute approximate surface area is 344 Å². The molecule has 60 heavy (non-hydrogen) atoms. The topological polar surface area (TPSA) is 260 Å². The van der Waals surface area contributed by atoms with Gasteiger partial charge in [0.25, 0.3) is 11.8 Å². The Morgan fingerprint density at radius 1 is 0.850 bits per heavy atom. The summed E-state index contributed by atoms with van der Waals surface area (Å²) in [4.78, 5) is 40.2. The molecule has 0 aliphatic carbocycles. The van der Waals surface area contributed by atoms with Crippen LogP contribution in [0.3, 0.4) is 0 Å². The van der Waals surface area contributed by atoms with Crippen LogP contribution in [0.1, 0.15) is 54.0 Å². The number of hydrogen-bond acceptors (Lipinski definition) is 13. The van der Waals surface area contributed by atoms with Crippen LogP contribution in [0.25, 0.3) is 33.8 Å². The van der Waals surface area contributed by atoms with Gasteiger partial charge in [0.05, 0.1) is 82.2 Å². The van der Waals surface area contributed by atoms with E-state index in [0.717, 1.165) is 61.1 Å². The molecule has 2 fully saturated rings. The second-order valence-electron chi connectivity index (χ2n) is 15.1. The number of nitrogens with zero attached hydrogens (tertiary/aromatic N) is 12. The van der Waals surface area contributed by atoms with Gasteiger partial charge in [-0.25, -0.2) is 24.0 Å². The predicted octanol–water partition coefficient (Wildman–Crippen LogP) is 2.07. The van der Waals surface area contributed by atoms with Crippen LogP contribution in [0.5, 0.6) is 0 Å². The molecule has 9 heterocycles. The molecule has 0 saturated carbocycles. The van der Waals surface area contributed by atoms with Crippen LogP contribution in [0.4, 0.5) is 17.2 Å². The molecule has 308 valence electrons. The summed E-state index contributed by atoms with van der Waals surface area (Å²) < 4.78 is 7.12. The van der Waals surface area contributed by atoms with Crippen LogP contribution in [0.2, 0.25) is 0 Å². The fourth-order valence-corrected chi connectivity index (χ4v) is 7.55. The fourth-order valence-electron chi connectivity index (χ4n) is 7.55. The first kappa shape index (κ1) is 39.4. The molecule has 9 rings (SSSR count). The van der Waals surface area contributed by atoms with Crippen LogP contribution in [-0.2, 0) is 13.1 Å². The summed E-state index contributed by atoms with van der Waals surface area (Å²) in [5.74, 6) is 0.411. The van der Waals surface area contributed by atoms with Gasteiger partial charge in [0, 0.05) is 56.2 Å². The van der Waals surface area contributed by atoms with Gasteiger partial charge in [0.2, 0.25) is 6.20 Å². The molecule has 0 radical (unpaired) electrons. The lowest BCUT2D eigenvalue weighted by Gasteiger charge is -2.20. The van der Waals surface area contributed by atoms with E-state index >= 15 is 0 Å². The molecule has 4 atom stereocenters. The van der Waals surface area contributed by atoms with Crippen molar-refractivity contribution in [2.45, 2.75) is 52.9 Å². The van der Waals surface area contributed by atoms with Crippen molar-refractivity contribution in [3.8, 4) is 28.6 Å². The van der Waals surface area contributed by atoms with Crippen LogP contribution in [0.15, 0.2) is 67.9 Å². The summed E-state index contributed by atoms with van der Waals surface area (Å²) >= 11 is 0. The highest BCUT2D eigenvalue weighted by molar-refractivity contribution is 6.02. The Morgan fingerprint density at radius 3 is 2.05 bits per heavy atom. The number of amides is 2. The van der Waals surface area contributed by atoms with Gasteiger partial charge < -0.3 is 32.3 Å². The van der Waals surface area contributed by atoms with Crippen molar-refractivity contribution < 1.29 is 14.3 Å². The average Bonchev–Trinajstić information content (AvgIpc) is 4.11. The first-order valence-electron chi connectivity index (χ1n) is 19.9. The van der Waals surface area contributed by atoms with Gasteiger partial charge in [0.1, 0.15) is 11.9 Å². The zero-order valence-corrected chi connectivity index (χ0v) is 33.7. The lowest BCUT2D eigenvalue weighted by atomic mass is 10.1. The van der Waals surface area contributed by atoms with Crippen LogP contribution < -0.4 is 37.0 Å².